The SMILES string of the molecule is Cc1c(F)cc(-c2cc(C(=O)O)nn2C)cc1F. The largest absolute Gasteiger partial charge is 0.476 e. The number of aromatic carboxylic acids is 1. The first-order chi connectivity index (χ1) is 8.40. The molecule has 0 fully saturated rings. The minimum atomic E-state index is -1.19. The van der Waals surface area contributed by atoms with Crippen molar-refractivity contribution in [3.63, 3.8) is 0 Å². The third-order valence-corrected chi connectivity index (χ3v) is 2.68. The number of carbonyl (C=O) groups is 1. The van der Waals surface area contributed by atoms with E-state index in [1.54, 1.807) is 0 Å². The number of hydrogen-bond acceptors (Lipinski definition) is 2. The maximum atomic E-state index is 13.4. The highest BCUT2D eigenvalue weighted by Crippen LogP contribution is 2.24. The summed E-state index contributed by atoms with van der Waals surface area (Å²) in [6.07, 6.45) is 0. The van der Waals surface area contributed by atoms with Crippen LogP contribution in [-0.4, -0.2) is 20.9 Å². The lowest BCUT2D eigenvalue weighted by Gasteiger charge is -2.05. The highest BCUT2D eigenvalue weighted by Gasteiger charge is 2.15. The van der Waals surface area contributed by atoms with Crippen molar-refractivity contribution < 1.29 is 18.7 Å². The number of rotatable bonds is 2. The van der Waals surface area contributed by atoms with Crippen LogP contribution in [0.4, 0.5) is 8.78 Å². The van der Waals surface area contributed by atoms with E-state index in [0.717, 1.165) is 12.1 Å². The van der Waals surface area contributed by atoms with Crippen LogP contribution in [0, 0.1) is 18.6 Å². The maximum Gasteiger partial charge on any atom is 0.356 e. The Morgan fingerprint density at radius 2 is 1.83 bits per heavy atom. The Labute approximate surface area is 101 Å². The topological polar surface area (TPSA) is 55.1 Å². The minimum Gasteiger partial charge on any atom is -0.476 e. The van der Waals surface area contributed by atoms with Gasteiger partial charge in [-0.1, -0.05) is 0 Å². The summed E-state index contributed by atoms with van der Waals surface area (Å²) in [5.74, 6) is -2.55. The lowest BCUT2D eigenvalue weighted by molar-refractivity contribution is 0.0689. The van der Waals surface area contributed by atoms with Crippen LogP contribution in [0.15, 0.2) is 18.2 Å². The molecular formula is C12H10F2N2O2. The fraction of sp³-hybridized carbons (Fsp3) is 0.167. The molecule has 0 spiro atoms. The van der Waals surface area contributed by atoms with Crippen LogP contribution < -0.4 is 0 Å². The summed E-state index contributed by atoms with van der Waals surface area (Å²) < 4.78 is 28.1. The Kier molecular flexibility index (Phi) is 2.86. The summed E-state index contributed by atoms with van der Waals surface area (Å²) in [4.78, 5) is 10.8. The fourth-order valence-electron chi connectivity index (χ4n) is 1.64. The van der Waals surface area contributed by atoms with Crippen molar-refractivity contribution in [2.45, 2.75) is 6.92 Å². The van der Waals surface area contributed by atoms with Gasteiger partial charge in [0, 0.05) is 18.2 Å². The predicted octanol–water partition coefficient (Wildman–Crippen LogP) is 2.37. The number of carboxylic acid groups (broad SMARTS) is 1. The number of carboxylic acids is 1. The third kappa shape index (κ3) is 1.97. The molecule has 0 unspecified atom stereocenters. The molecule has 2 rings (SSSR count). The first-order valence-corrected chi connectivity index (χ1v) is 5.13. The van der Waals surface area contributed by atoms with Crippen LogP contribution in [0.5, 0.6) is 0 Å². The Morgan fingerprint density at radius 1 is 1.28 bits per heavy atom. The first kappa shape index (κ1) is 12.2. The molecule has 0 radical (unpaired) electrons. The Balaban J connectivity index is 2.58. The Morgan fingerprint density at radius 3 is 2.28 bits per heavy atom. The van der Waals surface area contributed by atoms with Crippen LogP contribution >= 0.6 is 0 Å². The zero-order valence-electron chi connectivity index (χ0n) is 9.74. The number of benzene rings is 1. The monoisotopic (exact) mass is 252 g/mol. The molecule has 0 aliphatic heterocycles. The van der Waals surface area contributed by atoms with Gasteiger partial charge in [0.05, 0.1) is 5.69 Å². The summed E-state index contributed by atoms with van der Waals surface area (Å²) in [6.45, 7) is 1.33. The van der Waals surface area contributed by atoms with Crippen molar-refractivity contribution in [1.82, 2.24) is 9.78 Å². The fourth-order valence-corrected chi connectivity index (χ4v) is 1.64. The lowest BCUT2D eigenvalue weighted by Crippen LogP contribution is -1.99. The van der Waals surface area contributed by atoms with Gasteiger partial charge < -0.3 is 5.11 Å². The van der Waals surface area contributed by atoms with Gasteiger partial charge in [0.1, 0.15) is 11.6 Å². The van der Waals surface area contributed by atoms with Crippen LogP contribution in [0.3, 0.4) is 0 Å². The molecule has 18 heavy (non-hydrogen) atoms. The number of aromatic nitrogens is 2. The van der Waals surface area contributed by atoms with Gasteiger partial charge in [-0.2, -0.15) is 5.10 Å². The second-order valence-electron chi connectivity index (χ2n) is 3.91. The summed E-state index contributed by atoms with van der Waals surface area (Å²) in [7, 11) is 1.51. The van der Waals surface area contributed by atoms with Crippen molar-refractivity contribution >= 4 is 5.97 Å². The molecule has 2 aromatic rings. The molecule has 0 saturated carbocycles. The van der Waals surface area contributed by atoms with E-state index < -0.39 is 17.6 Å². The van der Waals surface area contributed by atoms with Gasteiger partial charge >= 0.3 is 5.97 Å². The minimum absolute atomic E-state index is 0.0700. The van der Waals surface area contributed by atoms with E-state index >= 15 is 0 Å². The average molecular weight is 252 g/mol. The van der Waals surface area contributed by atoms with Gasteiger partial charge in [0.25, 0.3) is 0 Å². The molecule has 4 nitrogen and oxygen atoms in total. The van der Waals surface area contributed by atoms with Gasteiger partial charge in [-0.15, -0.1) is 0 Å². The molecule has 1 heterocycles. The molecule has 6 heteroatoms. The van der Waals surface area contributed by atoms with Crippen LogP contribution in [0.25, 0.3) is 11.3 Å². The molecule has 0 amide bonds. The Hall–Kier alpha value is -2.24. The van der Waals surface area contributed by atoms with Crippen molar-refractivity contribution in [3.05, 3.63) is 41.1 Å². The average Bonchev–Trinajstić information content (AvgIpc) is 2.68. The van der Waals surface area contributed by atoms with Crippen molar-refractivity contribution in [2.24, 2.45) is 7.05 Å². The molecular weight excluding hydrogens is 242 g/mol. The van der Waals surface area contributed by atoms with E-state index in [1.165, 1.54) is 24.7 Å². The quantitative estimate of drug-likeness (QED) is 0.892. The molecule has 1 aromatic heterocycles. The summed E-state index contributed by atoms with van der Waals surface area (Å²) in [6, 6.07) is 3.58. The molecule has 1 N–H and O–H groups in total. The highest BCUT2D eigenvalue weighted by atomic mass is 19.1. The van der Waals surface area contributed by atoms with Crippen molar-refractivity contribution in [1.29, 1.82) is 0 Å². The molecule has 0 atom stereocenters. The zero-order chi connectivity index (χ0) is 13.4. The van der Waals surface area contributed by atoms with Crippen molar-refractivity contribution in [2.75, 3.05) is 0 Å². The smallest absolute Gasteiger partial charge is 0.356 e. The first-order valence-electron chi connectivity index (χ1n) is 5.13. The van der Waals surface area contributed by atoms with E-state index in [-0.39, 0.29) is 16.8 Å². The second kappa shape index (κ2) is 4.21. The van der Waals surface area contributed by atoms with E-state index in [4.69, 9.17) is 5.11 Å². The van der Waals surface area contributed by atoms with Gasteiger partial charge in [-0.25, -0.2) is 13.6 Å². The van der Waals surface area contributed by atoms with Crippen LogP contribution in [-0.2, 0) is 7.05 Å². The molecule has 94 valence electrons. The highest BCUT2D eigenvalue weighted by molar-refractivity contribution is 5.87. The molecule has 0 aliphatic carbocycles. The number of nitrogens with zero attached hydrogens (tertiary/aromatic N) is 2. The second-order valence-corrected chi connectivity index (χ2v) is 3.91. The molecule has 0 aliphatic rings. The summed E-state index contributed by atoms with van der Waals surface area (Å²) in [5.41, 5.74) is 0.344. The maximum absolute atomic E-state index is 13.4. The molecule has 0 bridgehead atoms. The van der Waals surface area contributed by atoms with Crippen LogP contribution in [0.2, 0.25) is 0 Å². The number of hydrogen-bond donors (Lipinski definition) is 1. The van der Waals surface area contributed by atoms with Crippen LogP contribution in [0.1, 0.15) is 16.1 Å². The number of halogens is 2. The molecule has 0 saturated heterocycles. The van der Waals surface area contributed by atoms with E-state index in [1.807, 2.05) is 0 Å². The van der Waals surface area contributed by atoms with Gasteiger partial charge in [-0.05, 0) is 25.1 Å². The summed E-state index contributed by atoms with van der Waals surface area (Å²) >= 11 is 0. The number of aryl methyl sites for hydroxylation is 1. The standard InChI is InChI=1S/C12H10F2N2O2/c1-6-8(13)3-7(4-9(6)14)11-5-10(12(17)18)15-16(11)2/h3-5H,1-2H3,(H,17,18). The lowest BCUT2D eigenvalue weighted by atomic mass is 10.1. The van der Waals surface area contributed by atoms with E-state index in [2.05, 4.69) is 5.10 Å². The zero-order valence-corrected chi connectivity index (χ0v) is 9.74. The normalized spacial score (nSPS) is 10.7. The van der Waals surface area contributed by atoms with Gasteiger partial charge in [-0.3, -0.25) is 4.68 Å². The van der Waals surface area contributed by atoms with E-state index in [9.17, 15) is 13.6 Å². The Bertz CT molecular complexity index is 612. The van der Waals surface area contributed by atoms with Gasteiger partial charge in [0.2, 0.25) is 0 Å². The summed E-state index contributed by atoms with van der Waals surface area (Å²) in [5, 5.41) is 12.5. The molecule has 1 aromatic carbocycles. The predicted molar refractivity (Wildman–Crippen MR) is 60.3 cm³/mol. The van der Waals surface area contributed by atoms with E-state index in [0.29, 0.717) is 5.69 Å². The third-order valence-electron chi connectivity index (χ3n) is 2.68. The van der Waals surface area contributed by atoms with Crippen molar-refractivity contribution in [3.8, 4) is 11.3 Å². The van der Waals surface area contributed by atoms with Gasteiger partial charge in [0.15, 0.2) is 5.69 Å².